The molecule has 1 aliphatic heterocycles. The van der Waals surface area contributed by atoms with Crippen molar-refractivity contribution in [3.8, 4) is 0 Å². The molecule has 4 aromatic rings. The summed E-state index contributed by atoms with van der Waals surface area (Å²) in [6.07, 6.45) is 2.03. The summed E-state index contributed by atoms with van der Waals surface area (Å²) in [7, 11) is 0. The van der Waals surface area contributed by atoms with Crippen LogP contribution < -0.4 is 5.43 Å². The van der Waals surface area contributed by atoms with E-state index in [2.05, 4.69) is 4.57 Å². The van der Waals surface area contributed by atoms with Gasteiger partial charge in [0.1, 0.15) is 5.58 Å². The first-order chi connectivity index (χ1) is 13.7. The lowest BCUT2D eigenvalue weighted by molar-refractivity contribution is 0.0632. The number of nitrogens with zero attached hydrogens (tertiary/aromatic N) is 2. The van der Waals surface area contributed by atoms with Crippen molar-refractivity contribution >= 4 is 16.9 Å². The lowest BCUT2D eigenvalue weighted by atomic mass is 9.99. The van der Waals surface area contributed by atoms with Gasteiger partial charge < -0.3 is 13.9 Å². The van der Waals surface area contributed by atoms with Crippen LogP contribution in [0.5, 0.6) is 0 Å². The fraction of sp³-hybridized carbons (Fsp3) is 0.130. The standard InChI is InChI=1S/C23H18N2O3/c26-19-15-21(28-20-11-5-4-9-17(19)20)23(27)25-14-13-24-12-6-10-18(24)22(25)16-7-2-1-3-8-16/h1-12,15,22H,13-14H2. The van der Waals surface area contributed by atoms with Crippen LogP contribution in [0.1, 0.15) is 27.9 Å². The van der Waals surface area contributed by atoms with Gasteiger partial charge in [0, 0.05) is 31.0 Å². The molecule has 2 aromatic heterocycles. The molecule has 0 aliphatic carbocycles. The number of carbonyl (C=O) groups is 1. The smallest absolute Gasteiger partial charge is 0.290 e. The van der Waals surface area contributed by atoms with Crippen LogP contribution in [-0.2, 0) is 6.54 Å². The third-order valence-electron chi connectivity index (χ3n) is 5.26. The topological polar surface area (TPSA) is 55.5 Å². The summed E-state index contributed by atoms with van der Waals surface area (Å²) < 4.78 is 7.98. The van der Waals surface area contributed by atoms with Crippen LogP contribution >= 0.6 is 0 Å². The van der Waals surface area contributed by atoms with Crippen LogP contribution in [0.15, 0.2) is 88.2 Å². The highest BCUT2D eigenvalue weighted by Crippen LogP contribution is 2.33. The number of rotatable bonds is 2. The normalized spacial score (nSPS) is 16.1. The number of fused-ring (bicyclic) bond motifs is 2. The van der Waals surface area contributed by atoms with Gasteiger partial charge in [-0.1, -0.05) is 42.5 Å². The SMILES string of the molecule is O=C(c1cc(=O)c2ccccc2o1)N1CCn2cccc2C1c1ccccc1. The van der Waals surface area contributed by atoms with E-state index in [4.69, 9.17) is 4.42 Å². The molecule has 5 nitrogen and oxygen atoms in total. The van der Waals surface area contributed by atoms with Gasteiger partial charge in [-0.3, -0.25) is 9.59 Å². The molecular weight excluding hydrogens is 352 g/mol. The highest BCUT2D eigenvalue weighted by Gasteiger charge is 2.33. The van der Waals surface area contributed by atoms with Gasteiger partial charge in [0.05, 0.1) is 11.4 Å². The van der Waals surface area contributed by atoms with Crippen LogP contribution in [0, 0.1) is 0 Å². The summed E-state index contributed by atoms with van der Waals surface area (Å²) in [4.78, 5) is 27.6. The zero-order valence-corrected chi connectivity index (χ0v) is 15.1. The maximum Gasteiger partial charge on any atom is 0.290 e. The fourth-order valence-corrected chi connectivity index (χ4v) is 3.94. The summed E-state index contributed by atoms with van der Waals surface area (Å²) in [5, 5.41) is 0.478. The Labute approximate surface area is 161 Å². The first-order valence-corrected chi connectivity index (χ1v) is 9.26. The predicted molar refractivity (Wildman–Crippen MR) is 106 cm³/mol. The summed E-state index contributed by atoms with van der Waals surface area (Å²) in [5.74, 6) is -0.200. The van der Waals surface area contributed by atoms with Crippen LogP contribution in [0.2, 0.25) is 0 Å². The Balaban J connectivity index is 1.61. The molecule has 138 valence electrons. The van der Waals surface area contributed by atoms with E-state index in [1.807, 2.05) is 48.7 Å². The molecule has 0 fully saturated rings. The van der Waals surface area contributed by atoms with Crippen molar-refractivity contribution in [2.75, 3.05) is 6.54 Å². The van der Waals surface area contributed by atoms with Gasteiger partial charge in [-0.05, 0) is 29.8 Å². The van der Waals surface area contributed by atoms with Gasteiger partial charge in [-0.2, -0.15) is 0 Å². The second kappa shape index (κ2) is 6.53. The maximum absolute atomic E-state index is 13.4. The van der Waals surface area contributed by atoms with Gasteiger partial charge in [-0.25, -0.2) is 0 Å². The first-order valence-electron chi connectivity index (χ1n) is 9.26. The average Bonchev–Trinajstić information content (AvgIpc) is 3.22. The van der Waals surface area contributed by atoms with Crippen molar-refractivity contribution in [2.45, 2.75) is 12.6 Å². The van der Waals surface area contributed by atoms with Crippen molar-refractivity contribution in [1.29, 1.82) is 0 Å². The fourth-order valence-electron chi connectivity index (χ4n) is 3.94. The molecular formula is C23H18N2O3. The van der Waals surface area contributed by atoms with E-state index >= 15 is 0 Å². The number of hydrogen-bond acceptors (Lipinski definition) is 3. The summed E-state index contributed by atoms with van der Waals surface area (Å²) >= 11 is 0. The van der Waals surface area contributed by atoms with Crippen molar-refractivity contribution in [2.24, 2.45) is 0 Å². The lowest BCUT2D eigenvalue weighted by Gasteiger charge is -2.37. The summed E-state index contributed by atoms with van der Waals surface area (Å²) in [6.45, 7) is 1.24. The van der Waals surface area contributed by atoms with Gasteiger partial charge >= 0.3 is 0 Å². The molecule has 3 heterocycles. The Bertz CT molecular complexity index is 1220. The molecule has 1 unspecified atom stereocenters. The number of benzene rings is 2. The quantitative estimate of drug-likeness (QED) is 0.539. The maximum atomic E-state index is 13.4. The van der Waals surface area contributed by atoms with Gasteiger partial charge in [0.25, 0.3) is 5.91 Å². The number of carbonyl (C=O) groups excluding carboxylic acids is 1. The number of aromatic nitrogens is 1. The van der Waals surface area contributed by atoms with Crippen LogP contribution in [0.25, 0.3) is 11.0 Å². The van der Waals surface area contributed by atoms with Crippen LogP contribution in [-0.4, -0.2) is 21.9 Å². The molecule has 1 aliphatic rings. The predicted octanol–water partition coefficient (Wildman–Crippen LogP) is 3.84. The summed E-state index contributed by atoms with van der Waals surface area (Å²) in [6, 6.07) is 22.0. The van der Waals surface area contributed by atoms with Gasteiger partial charge in [0.2, 0.25) is 0 Å². The number of amides is 1. The number of para-hydroxylation sites is 1. The molecule has 0 radical (unpaired) electrons. The molecule has 28 heavy (non-hydrogen) atoms. The Morgan fingerprint density at radius 1 is 0.929 bits per heavy atom. The van der Waals surface area contributed by atoms with Crippen molar-refractivity contribution in [3.63, 3.8) is 0 Å². The first kappa shape index (κ1) is 16.6. The molecule has 0 bridgehead atoms. The van der Waals surface area contributed by atoms with E-state index in [0.717, 1.165) is 11.3 Å². The Kier molecular flexibility index (Phi) is 3.86. The minimum atomic E-state index is -0.274. The molecule has 2 aromatic carbocycles. The van der Waals surface area contributed by atoms with Gasteiger partial charge in [-0.15, -0.1) is 0 Å². The minimum absolute atomic E-state index is 0.0737. The zero-order valence-electron chi connectivity index (χ0n) is 15.1. The van der Waals surface area contributed by atoms with Crippen molar-refractivity contribution in [3.05, 3.63) is 106 Å². The molecule has 0 N–H and O–H groups in total. The Hall–Kier alpha value is -3.60. The second-order valence-corrected chi connectivity index (χ2v) is 6.91. The van der Waals surface area contributed by atoms with Crippen molar-refractivity contribution < 1.29 is 9.21 Å². The molecule has 5 heteroatoms. The van der Waals surface area contributed by atoms with Gasteiger partial charge in [0.15, 0.2) is 11.2 Å². The highest BCUT2D eigenvalue weighted by molar-refractivity contribution is 5.93. The molecule has 1 amide bonds. The molecule has 0 spiro atoms. The zero-order chi connectivity index (χ0) is 19.1. The third-order valence-corrected chi connectivity index (χ3v) is 5.26. The highest BCUT2D eigenvalue weighted by atomic mass is 16.3. The van der Waals surface area contributed by atoms with Crippen molar-refractivity contribution in [1.82, 2.24) is 9.47 Å². The van der Waals surface area contributed by atoms with E-state index < -0.39 is 0 Å². The van der Waals surface area contributed by atoms with E-state index in [0.29, 0.717) is 24.1 Å². The second-order valence-electron chi connectivity index (χ2n) is 6.91. The molecule has 0 saturated carbocycles. The number of hydrogen-bond donors (Lipinski definition) is 0. The largest absolute Gasteiger partial charge is 0.451 e. The lowest BCUT2D eigenvalue weighted by Crippen LogP contribution is -2.42. The van der Waals surface area contributed by atoms with Crippen LogP contribution in [0.3, 0.4) is 0 Å². The van der Waals surface area contributed by atoms with E-state index in [9.17, 15) is 9.59 Å². The molecule has 0 saturated heterocycles. The summed E-state index contributed by atoms with van der Waals surface area (Å²) in [5.41, 5.74) is 2.30. The van der Waals surface area contributed by atoms with E-state index in [1.54, 1.807) is 29.2 Å². The van der Waals surface area contributed by atoms with E-state index in [-0.39, 0.29) is 23.1 Å². The monoisotopic (exact) mass is 370 g/mol. The van der Waals surface area contributed by atoms with Crippen LogP contribution in [0.4, 0.5) is 0 Å². The average molecular weight is 370 g/mol. The Morgan fingerprint density at radius 3 is 2.57 bits per heavy atom. The molecule has 1 atom stereocenters. The Morgan fingerprint density at radius 2 is 1.71 bits per heavy atom. The molecule has 5 rings (SSSR count). The third kappa shape index (κ3) is 2.63. The van der Waals surface area contributed by atoms with E-state index in [1.165, 1.54) is 6.07 Å². The minimum Gasteiger partial charge on any atom is -0.451 e.